The molecule has 0 radical (unpaired) electrons. The van der Waals surface area contributed by atoms with E-state index in [1.807, 2.05) is 47.7 Å². The number of benzene rings is 10. The van der Waals surface area contributed by atoms with E-state index in [0.717, 1.165) is 71.7 Å². The number of rotatable bonds is 4. The first-order valence-corrected chi connectivity index (χ1v) is 21.2. The molecular weight excluding hydrogens is 761 g/mol. The molecule has 4 nitrogen and oxygen atoms in total. The van der Waals surface area contributed by atoms with E-state index in [4.69, 9.17) is 0 Å². The van der Waals surface area contributed by atoms with Crippen molar-refractivity contribution in [2.24, 2.45) is 0 Å². The van der Waals surface area contributed by atoms with Crippen molar-refractivity contribution in [1.29, 1.82) is 5.26 Å². The molecule has 0 saturated carbocycles. The van der Waals surface area contributed by atoms with Crippen LogP contribution in [0, 0.1) is 17.9 Å². The van der Waals surface area contributed by atoms with Gasteiger partial charge in [-0.2, -0.15) is 5.26 Å². The SMILES string of the molecule is [C-]#[N+]c1c(-c2ccccc2)c(C#N)c(-n2c3ccccc3c3c4c(ccc32)sc2ccccc24)c(-c2ccccc2)c1-n1c2cccc3c4ccccc4c4cccc1c4c32. The zero-order chi connectivity index (χ0) is 40.3. The van der Waals surface area contributed by atoms with Crippen molar-refractivity contribution in [2.45, 2.75) is 0 Å². The molecule has 0 unspecified atom stereocenters. The second-order valence-corrected chi connectivity index (χ2v) is 16.8. The van der Waals surface area contributed by atoms with Crippen LogP contribution in [0.1, 0.15) is 5.56 Å². The summed E-state index contributed by atoms with van der Waals surface area (Å²) < 4.78 is 7.11. The molecule has 0 aliphatic carbocycles. The molecule has 0 fully saturated rings. The van der Waals surface area contributed by atoms with Crippen LogP contribution in [0.4, 0.5) is 5.69 Å². The maximum Gasteiger partial charge on any atom is 0.220 e. The van der Waals surface area contributed by atoms with Gasteiger partial charge in [0, 0.05) is 52.8 Å². The third kappa shape index (κ3) is 4.45. The van der Waals surface area contributed by atoms with E-state index in [1.165, 1.54) is 41.7 Å². The molecule has 13 rings (SSSR count). The van der Waals surface area contributed by atoms with E-state index in [-0.39, 0.29) is 0 Å². The molecular formula is C56H30N4S. The topological polar surface area (TPSA) is 38.0 Å². The second kappa shape index (κ2) is 12.6. The van der Waals surface area contributed by atoms with Crippen LogP contribution in [-0.4, -0.2) is 9.13 Å². The summed E-state index contributed by atoms with van der Waals surface area (Å²) in [5.74, 6) is 0. The Morgan fingerprint density at radius 1 is 0.410 bits per heavy atom. The van der Waals surface area contributed by atoms with Gasteiger partial charge in [0.1, 0.15) is 6.07 Å². The number of hydrogen-bond acceptors (Lipinski definition) is 2. The monoisotopic (exact) mass is 790 g/mol. The fourth-order valence-electron chi connectivity index (χ4n) is 10.4. The lowest BCUT2D eigenvalue weighted by Gasteiger charge is -2.25. The molecule has 0 amide bonds. The van der Waals surface area contributed by atoms with Gasteiger partial charge in [-0.3, -0.25) is 0 Å². The molecule has 0 saturated heterocycles. The lowest BCUT2D eigenvalue weighted by atomic mass is 9.88. The van der Waals surface area contributed by atoms with E-state index < -0.39 is 0 Å². The molecule has 0 atom stereocenters. The first-order valence-electron chi connectivity index (χ1n) is 20.4. The molecule has 10 aromatic carbocycles. The zero-order valence-electron chi connectivity index (χ0n) is 32.5. The Morgan fingerprint density at radius 3 is 1.54 bits per heavy atom. The Balaban J connectivity index is 1.32. The average Bonchev–Trinajstić information content (AvgIpc) is 3.99. The highest BCUT2D eigenvalue weighted by Crippen LogP contribution is 2.54. The summed E-state index contributed by atoms with van der Waals surface area (Å²) in [6, 6.07) is 66.6. The van der Waals surface area contributed by atoms with Crippen LogP contribution >= 0.6 is 11.3 Å². The van der Waals surface area contributed by atoms with E-state index in [2.05, 4.69) is 166 Å². The van der Waals surface area contributed by atoms with Gasteiger partial charge < -0.3 is 9.13 Å². The molecule has 13 aromatic rings. The van der Waals surface area contributed by atoms with E-state index in [9.17, 15) is 11.8 Å². The van der Waals surface area contributed by atoms with Crippen LogP contribution in [0.25, 0.3) is 124 Å². The van der Waals surface area contributed by atoms with Crippen LogP contribution in [0.15, 0.2) is 182 Å². The molecule has 0 bridgehead atoms. The van der Waals surface area contributed by atoms with Crippen molar-refractivity contribution in [3.63, 3.8) is 0 Å². The fourth-order valence-corrected chi connectivity index (χ4v) is 11.5. The number of nitrogens with zero attached hydrogens (tertiary/aromatic N) is 4. The van der Waals surface area contributed by atoms with Crippen LogP contribution in [0.5, 0.6) is 0 Å². The maximum atomic E-state index is 11.7. The normalized spacial score (nSPS) is 11.9. The molecule has 280 valence electrons. The van der Waals surface area contributed by atoms with Crippen LogP contribution in [0.3, 0.4) is 0 Å². The quantitative estimate of drug-likeness (QED) is 0.129. The van der Waals surface area contributed by atoms with Gasteiger partial charge in [0.2, 0.25) is 5.69 Å². The summed E-state index contributed by atoms with van der Waals surface area (Å²) in [5.41, 5.74) is 9.60. The average molecular weight is 791 g/mol. The van der Waals surface area contributed by atoms with Gasteiger partial charge in [0.05, 0.1) is 45.6 Å². The predicted octanol–water partition coefficient (Wildman–Crippen LogP) is 15.7. The number of hydrogen-bond donors (Lipinski definition) is 0. The molecule has 0 N–H and O–H groups in total. The van der Waals surface area contributed by atoms with E-state index in [0.29, 0.717) is 16.8 Å². The second-order valence-electron chi connectivity index (χ2n) is 15.7. The Labute approximate surface area is 353 Å². The third-order valence-corrected chi connectivity index (χ3v) is 13.9. The highest BCUT2D eigenvalue weighted by molar-refractivity contribution is 7.26. The molecule has 0 spiro atoms. The van der Waals surface area contributed by atoms with Crippen molar-refractivity contribution >= 4 is 102 Å². The van der Waals surface area contributed by atoms with E-state index in [1.54, 1.807) is 0 Å². The molecule has 3 heterocycles. The predicted molar refractivity (Wildman–Crippen MR) is 256 cm³/mol. The van der Waals surface area contributed by atoms with Crippen LogP contribution in [0.2, 0.25) is 0 Å². The minimum absolute atomic E-state index is 0.434. The van der Waals surface area contributed by atoms with Crippen LogP contribution < -0.4 is 0 Å². The van der Waals surface area contributed by atoms with Crippen molar-refractivity contribution in [2.75, 3.05) is 0 Å². The lowest BCUT2D eigenvalue weighted by molar-refractivity contribution is 1.13. The van der Waals surface area contributed by atoms with E-state index >= 15 is 0 Å². The molecule has 3 aromatic heterocycles. The molecule has 0 aliphatic rings. The van der Waals surface area contributed by atoms with Gasteiger partial charge in [0.15, 0.2) is 0 Å². The van der Waals surface area contributed by atoms with Crippen LogP contribution in [-0.2, 0) is 0 Å². The Hall–Kier alpha value is -8.22. The van der Waals surface area contributed by atoms with Crippen molar-refractivity contribution in [1.82, 2.24) is 9.13 Å². The largest absolute Gasteiger partial charge is 0.318 e. The first kappa shape index (κ1) is 33.7. The Kier molecular flexibility index (Phi) is 6.99. The van der Waals surface area contributed by atoms with Gasteiger partial charge in [-0.1, -0.05) is 146 Å². The van der Waals surface area contributed by atoms with Crippen molar-refractivity contribution in [3.8, 4) is 39.7 Å². The standard InChI is InChI=1S/C56H30N4S/c1-58-54-48(33-16-4-2-5-17-33)41(32-57)55(59-42-26-12-10-22-39(42)52-45(59)30-31-47-53(52)40-23-11-13-29-46(40)61-47)49(34-18-6-3-7-19-34)56(54)60-43-27-14-24-37-35-20-8-9-21-36(35)38-25-15-28-44(60)51(38)50(37)43/h2-31H. The van der Waals surface area contributed by atoms with Gasteiger partial charge in [-0.15, -0.1) is 11.3 Å². The van der Waals surface area contributed by atoms with Crippen molar-refractivity contribution in [3.05, 3.63) is 199 Å². The summed E-state index contributed by atoms with van der Waals surface area (Å²) >= 11 is 1.81. The number of fused-ring (bicyclic) bond motifs is 10. The molecule has 0 aliphatic heterocycles. The summed E-state index contributed by atoms with van der Waals surface area (Å²) in [7, 11) is 0. The number of para-hydroxylation sites is 1. The van der Waals surface area contributed by atoms with Gasteiger partial charge in [-0.05, 0) is 69.1 Å². The maximum absolute atomic E-state index is 11.7. The summed E-state index contributed by atoms with van der Waals surface area (Å²) in [6.07, 6.45) is 0. The lowest BCUT2D eigenvalue weighted by Crippen LogP contribution is -2.08. The number of nitriles is 1. The smallest absolute Gasteiger partial charge is 0.220 e. The fraction of sp³-hybridized carbons (Fsp3) is 0. The van der Waals surface area contributed by atoms with Crippen molar-refractivity contribution < 1.29 is 0 Å². The minimum atomic E-state index is 0.434. The van der Waals surface area contributed by atoms with Gasteiger partial charge in [-0.25, -0.2) is 4.85 Å². The highest BCUT2D eigenvalue weighted by Gasteiger charge is 2.32. The third-order valence-electron chi connectivity index (χ3n) is 12.7. The summed E-state index contributed by atoms with van der Waals surface area (Å²) in [4.78, 5) is 4.50. The highest BCUT2D eigenvalue weighted by atomic mass is 32.1. The Bertz CT molecular complexity index is 3970. The summed E-state index contributed by atoms with van der Waals surface area (Å²) in [5, 5.41) is 23.5. The number of thiophene rings is 1. The zero-order valence-corrected chi connectivity index (χ0v) is 33.3. The Morgan fingerprint density at radius 2 is 0.902 bits per heavy atom. The number of aromatic nitrogens is 2. The van der Waals surface area contributed by atoms with Gasteiger partial charge >= 0.3 is 0 Å². The minimum Gasteiger partial charge on any atom is -0.318 e. The van der Waals surface area contributed by atoms with Gasteiger partial charge in [0.25, 0.3) is 0 Å². The molecule has 5 heteroatoms. The summed E-state index contributed by atoms with van der Waals surface area (Å²) in [6.45, 7) is 9.18. The molecule has 61 heavy (non-hydrogen) atoms. The first-order chi connectivity index (χ1) is 30.2.